The highest BCUT2D eigenvalue weighted by Crippen LogP contribution is 2.33. The van der Waals surface area contributed by atoms with Crippen LogP contribution in [0.4, 0.5) is 10.9 Å². The lowest BCUT2D eigenvalue weighted by Crippen LogP contribution is -2.07. The fourth-order valence-electron chi connectivity index (χ4n) is 2.20. The van der Waals surface area contributed by atoms with Gasteiger partial charge >= 0.3 is 0 Å². The zero-order chi connectivity index (χ0) is 11.5. The van der Waals surface area contributed by atoms with Gasteiger partial charge in [0.05, 0.1) is 0 Å². The molecule has 0 radical (unpaired) electrons. The Morgan fingerprint density at radius 1 is 1.44 bits per heavy atom. The van der Waals surface area contributed by atoms with E-state index in [-0.39, 0.29) is 0 Å². The minimum absolute atomic E-state index is 0.641. The molecular weight excluding hydrogens is 218 g/mol. The summed E-state index contributed by atoms with van der Waals surface area (Å²) in [6.07, 6.45) is 5.22. The number of hydrogen-bond acceptors (Lipinski definition) is 4. The van der Waals surface area contributed by atoms with Gasteiger partial charge in [-0.2, -0.15) is 0 Å². The van der Waals surface area contributed by atoms with Crippen LogP contribution in [0.3, 0.4) is 0 Å². The number of hydrogen-bond donors (Lipinski definition) is 2. The molecular formula is C12H19N3S. The largest absolute Gasteiger partial charge is 0.372 e. The molecule has 2 N–H and O–H groups in total. The molecule has 0 amide bonds. The maximum atomic E-state index is 4.48. The van der Waals surface area contributed by atoms with Crippen molar-refractivity contribution in [2.75, 3.05) is 17.7 Å². The first kappa shape index (κ1) is 11.5. The lowest BCUT2D eigenvalue weighted by atomic mass is 10.1. The maximum absolute atomic E-state index is 4.48. The third-order valence-electron chi connectivity index (χ3n) is 3.15. The quantitative estimate of drug-likeness (QED) is 0.840. The summed E-state index contributed by atoms with van der Waals surface area (Å²) in [6, 6.07) is 0. The molecule has 1 heterocycles. The Morgan fingerprint density at radius 3 is 2.69 bits per heavy atom. The molecule has 16 heavy (non-hydrogen) atoms. The van der Waals surface area contributed by atoms with Gasteiger partial charge < -0.3 is 10.6 Å². The third-order valence-corrected chi connectivity index (χ3v) is 4.04. The Labute approximate surface area is 101 Å². The average Bonchev–Trinajstić information content (AvgIpc) is 2.87. The molecule has 0 saturated heterocycles. The number of nitrogens with one attached hydrogen (secondary N) is 2. The highest BCUT2D eigenvalue weighted by atomic mass is 32.1. The smallest absolute Gasteiger partial charge is 0.189 e. The SMILES string of the molecule is C=C(Nc1nc(NC)c(C)s1)C1CCCC1. The molecule has 0 atom stereocenters. The number of allylic oxidation sites excluding steroid dienone is 1. The van der Waals surface area contributed by atoms with Crippen LogP contribution in [0.15, 0.2) is 12.3 Å². The molecule has 1 aliphatic carbocycles. The van der Waals surface area contributed by atoms with Gasteiger partial charge in [-0.25, -0.2) is 4.98 Å². The summed E-state index contributed by atoms with van der Waals surface area (Å²) >= 11 is 1.68. The summed E-state index contributed by atoms with van der Waals surface area (Å²) in [4.78, 5) is 5.69. The second kappa shape index (κ2) is 4.87. The van der Waals surface area contributed by atoms with Crippen molar-refractivity contribution >= 4 is 22.3 Å². The molecule has 1 saturated carbocycles. The Balaban J connectivity index is 1.99. The molecule has 1 aromatic heterocycles. The minimum atomic E-state index is 0.641. The van der Waals surface area contributed by atoms with E-state index in [2.05, 4.69) is 29.1 Å². The molecule has 0 spiro atoms. The summed E-state index contributed by atoms with van der Waals surface area (Å²) in [5.41, 5.74) is 1.13. The lowest BCUT2D eigenvalue weighted by Gasteiger charge is -2.13. The van der Waals surface area contributed by atoms with Crippen molar-refractivity contribution in [3.8, 4) is 0 Å². The maximum Gasteiger partial charge on any atom is 0.189 e. The molecule has 88 valence electrons. The number of rotatable bonds is 4. The van der Waals surface area contributed by atoms with Gasteiger partial charge in [0.2, 0.25) is 0 Å². The van der Waals surface area contributed by atoms with Crippen LogP contribution in [0.2, 0.25) is 0 Å². The molecule has 0 aliphatic heterocycles. The Morgan fingerprint density at radius 2 is 2.12 bits per heavy atom. The molecule has 0 bridgehead atoms. The zero-order valence-electron chi connectivity index (χ0n) is 9.97. The Kier molecular flexibility index (Phi) is 3.49. The molecule has 0 unspecified atom stereocenters. The van der Waals surface area contributed by atoms with E-state index in [0.29, 0.717) is 5.92 Å². The van der Waals surface area contributed by atoms with Crippen molar-refractivity contribution in [3.05, 3.63) is 17.2 Å². The van der Waals surface area contributed by atoms with E-state index in [1.165, 1.54) is 30.6 Å². The first-order valence-electron chi connectivity index (χ1n) is 5.81. The first-order chi connectivity index (χ1) is 7.70. The van der Waals surface area contributed by atoms with Crippen LogP contribution in [0.5, 0.6) is 0 Å². The lowest BCUT2D eigenvalue weighted by molar-refractivity contribution is 0.649. The number of aromatic nitrogens is 1. The van der Waals surface area contributed by atoms with Crippen LogP contribution >= 0.6 is 11.3 Å². The van der Waals surface area contributed by atoms with E-state index < -0.39 is 0 Å². The van der Waals surface area contributed by atoms with Crippen molar-refractivity contribution < 1.29 is 0 Å². The molecule has 1 aliphatic rings. The molecule has 1 fully saturated rings. The van der Waals surface area contributed by atoms with Gasteiger partial charge in [0.1, 0.15) is 5.82 Å². The number of thiazole rings is 1. The van der Waals surface area contributed by atoms with E-state index in [0.717, 1.165) is 16.6 Å². The molecule has 2 rings (SSSR count). The molecule has 4 heteroatoms. The van der Waals surface area contributed by atoms with Crippen LogP contribution in [-0.4, -0.2) is 12.0 Å². The van der Waals surface area contributed by atoms with Crippen LogP contribution in [0.25, 0.3) is 0 Å². The predicted octanol–water partition coefficient (Wildman–Crippen LogP) is 3.61. The van der Waals surface area contributed by atoms with Crippen molar-refractivity contribution in [1.82, 2.24) is 4.98 Å². The highest BCUT2D eigenvalue weighted by molar-refractivity contribution is 7.16. The van der Waals surface area contributed by atoms with Crippen LogP contribution in [0.1, 0.15) is 30.6 Å². The molecule has 1 aromatic rings. The number of aryl methyl sites for hydroxylation is 1. The van der Waals surface area contributed by atoms with Crippen molar-refractivity contribution in [1.29, 1.82) is 0 Å². The minimum Gasteiger partial charge on any atom is -0.372 e. The zero-order valence-corrected chi connectivity index (χ0v) is 10.8. The van der Waals surface area contributed by atoms with Crippen LogP contribution in [0, 0.1) is 12.8 Å². The number of anilines is 2. The average molecular weight is 237 g/mol. The van der Waals surface area contributed by atoms with Crippen molar-refractivity contribution in [2.24, 2.45) is 5.92 Å². The van der Waals surface area contributed by atoms with Crippen molar-refractivity contribution in [3.63, 3.8) is 0 Å². The summed E-state index contributed by atoms with van der Waals surface area (Å²) in [7, 11) is 1.90. The third kappa shape index (κ3) is 2.38. The van der Waals surface area contributed by atoms with Gasteiger partial charge in [-0.15, -0.1) is 0 Å². The van der Waals surface area contributed by atoms with E-state index in [9.17, 15) is 0 Å². The normalized spacial score (nSPS) is 16.4. The van der Waals surface area contributed by atoms with Gasteiger partial charge in [0.15, 0.2) is 5.13 Å². The van der Waals surface area contributed by atoms with Crippen LogP contribution in [-0.2, 0) is 0 Å². The van der Waals surface area contributed by atoms with E-state index in [1.54, 1.807) is 11.3 Å². The standard InChI is InChI=1S/C12H19N3S/c1-8(10-6-4-5-7-10)14-12-15-11(13-3)9(2)16-12/h10,13H,1,4-7H2,2-3H3,(H,14,15). The summed E-state index contributed by atoms with van der Waals surface area (Å²) in [5, 5.41) is 7.40. The van der Waals surface area contributed by atoms with E-state index in [4.69, 9.17) is 0 Å². The fraction of sp³-hybridized carbons (Fsp3) is 0.583. The molecule has 3 nitrogen and oxygen atoms in total. The van der Waals surface area contributed by atoms with Gasteiger partial charge in [-0.3, -0.25) is 0 Å². The first-order valence-corrected chi connectivity index (χ1v) is 6.63. The Hall–Kier alpha value is -1.03. The van der Waals surface area contributed by atoms with Crippen LogP contribution < -0.4 is 10.6 Å². The van der Waals surface area contributed by atoms with Gasteiger partial charge in [-0.1, -0.05) is 30.8 Å². The van der Waals surface area contributed by atoms with Gasteiger partial charge in [0.25, 0.3) is 0 Å². The monoisotopic (exact) mass is 237 g/mol. The second-order valence-corrected chi connectivity index (χ2v) is 5.51. The molecule has 0 aromatic carbocycles. The predicted molar refractivity (Wildman–Crippen MR) is 71.1 cm³/mol. The Bertz CT molecular complexity index is 378. The van der Waals surface area contributed by atoms with E-state index >= 15 is 0 Å². The topological polar surface area (TPSA) is 37.0 Å². The van der Waals surface area contributed by atoms with Gasteiger partial charge in [-0.05, 0) is 25.7 Å². The van der Waals surface area contributed by atoms with E-state index in [1.807, 2.05) is 7.05 Å². The summed E-state index contributed by atoms with van der Waals surface area (Å²) < 4.78 is 0. The van der Waals surface area contributed by atoms with Crippen molar-refractivity contribution in [2.45, 2.75) is 32.6 Å². The highest BCUT2D eigenvalue weighted by Gasteiger charge is 2.19. The summed E-state index contributed by atoms with van der Waals surface area (Å²) in [5.74, 6) is 1.61. The summed E-state index contributed by atoms with van der Waals surface area (Å²) in [6.45, 7) is 6.21. The fourth-order valence-corrected chi connectivity index (χ4v) is 3.05. The van der Waals surface area contributed by atoms with Gasteiger partial charge in [0, 0.05) is 17.6 Å². The number of nitrogens with zero attached hydrogens (tertiary/aromatic N) is 1. The second-order valence-electron chi connectivity index (χ2n) is 4.31.